The van der Waals surface area contributed by atoms with Gasteiger partial charge in [-0.3, -0.25) is 4.79 Å². The van der Waals surface area contributed by atoms with Gasteiger partial charge in [-0.1, -0.05) is 6.92 Å². The van der Waals surface area contributed by atoms with Crippen LogP contribution in [0.1, 0.15) is 30.6 Å². The smallest absolute Gasteiger partial charge is 0.251 e. The Hall–Kier alpha value is -1.75. The van der Waals surface area contributed by atoms with Crippen molar-refractivity contribution in [1.29, 1.82) is 0 Å². The number of carbonyl (C=O) groups is 1. The van der Waals surface area contributed by atoms with E-state index in [0.29, 0.717) is 37.1 Å². The minimum Gasteiger partial charge on any atom is -0.397 e. The zero-order chi connectivity index (χ0) is 14.5. The molecule has 1 saturated heterocycles. The summed E-state index contributed by atoms with van der Waals surface area (Å²) in [6.07, 6.45) is 0.991. The van der Waals surface area contributed by atoms with Crippen molar-refractivity contribution >= 4 is 17.3 Å². The van der Waals surface area contributed by atoms with Crippen molar-refractivity contribution in [2.75, 3.05) is 36.9 Å². The van der Waals surface area contributed by atoms with Gasteiger partial charge in [0, 0.05) is 18.7 Å². The molecule has 0 aliphatic carbocycles. The monoisotopic (exact) mass is 277 g/mol. The molecule has 2 rings (SSSR count). The molecule has 0 saturated carbocycles. The van der Waals surface area contributed by atoms with Gasteiger partial charge in [-0.2, -0.15) is 0 Å². The lowest BCUT2D eigenvalue weighted by molar-refractivity contribution is 0.0930. The van der Waals surface area contributed by atoms with Crippen molar-refractivity contribution in [3.63, 3.8) is 0 Å². The first kappa shape index (κ1) is 14.7. The van der Waals surface area contributed by atoms with E-state index in [2.05, 4.69) is 17.1 Å². The van der Waals surface area contributed by atoms with Crippen LogP contribution in [-0.4, -0.2) is 38.3 Å². The molecule has 110 valence electrons. The lowest BCUT2D eigenvalue weighted by Gasteiger charge is -2.37. The average molecular weight is 277 g/mol. The van der Waals surface area contributed by atoms with E-state index in [1.54, 1.807) is 6.07 Å². The number of benzene rings is 1. The van der Waals surface area contributed by atoms with E-state index < -0.39 is 0 Å². The van der Waals surface area contributed by atoms with E-state index in [1.165, 1.54) is 0 Å². The molecular weight excluding hydrogens is 254 g/mol. The highest BCUT2D eigenvalue weighted by atomic mass is 16.5. The van der Waals surface area contributed by atoms with Gasteiger partial charge in [0.15, 0.2) is 0 Å². The van der Waals surface area contributed by atoms with Gasteiger partial charge in [0.1, 0.15) is 0 Å². The summed E-state index contributed by atoms with van der Waals surface area (Å²) in [4.78, 5) is 14.2. The molecule has 1 fully saturated rings. The topological polar surface area (TPSA) is 67.6 Å². The predicted molar refractivity (Wildman–Crippen MR) is 81.1 cm³/mol. The number of nitrogens with one attached hydrogen (secondary N) is 1. The number of anilines is 2. The second kappa shape index (κ2) is 6.61. The largest absolute Gasteiger partial charge is 0.397 e. The Morgan fingerprint density at radius 3 is 3.00 bits per heavy atom. The first-order chi connectivity index (χ1) is 9.67. The predicted octanol–water partition coefficient (Wildman–Crippen LogP) is 1.63. The van der Waals surface area contributed by atoms with Crippen LogP contribution in [0.3, 0.4) is 0 Å². The number of rotatable bonds is 4. The minimum absolute atomic E-state index is 0.0601. The highest BCUT2D eigenvalue weighted by Crippen LogP contribution is 2.28. The van der Waals surface area contributed by atoms with Crippen molar-refractivity contribution in [2.45, 2.75) is 26.3 Å². The number of hydrogen-bond acceptors (Lipinski definition) is 4. The second-order valence-electron chi connectivity index (χ2n) is 4.96. The maximum Gasteiger partial charge on any atom is 0.251 e. The molecule has 1 amide bonds. The average Bonchev–Trinajstić information content (AvgIpc) is 2.48. The van der Waals surface area contributed by atoms with Crippen LogP contribution < -0.4 is 16.0 Å². The minimum atomic E-state index is -0.0601. The van der Waals surface area contributed by atoms with E-state index in [4.69, 9.17) is 10.5 Å². The number of morpholine rings is 1. The third-order valence-corrected chi connectivity index (χ3v) is 3.64. The van der Waals surface area contributed by atoms with E-state index in [9.17, 15) is 4.79 Å². The number of nitrogen functional groups attached to an aromatic ring is 1. The highest BCUT2D eigenvalue weighted by Gasteiger charge is 2.23. The van der Waals surface area contributed by atoms with Gasteiger partial charge in [0.25, 0.3) is 5.91 Å². The van der Waals surface area contributed by atoms with Crippen molar-refractivity contribution in [1.82, 2.24) is 5.32 Å². The van der Waals surface area contributed by atoms with Crippen LogP contribution in [0.5, 0.6) is 0 Å². The van der Waals surface area contributed by atoms with Gasteiger partial charge in [-0.05, 0) is 31.5 Å². The zero-order valence-corrected chi connectivity index (χ0v) is 12.2. The molecule has 0 aromatic heterocycles. The van der Waals surface area contributed by atoms with Gasteiger partial charge in [-0.25, -0.2) is 0 Å². The van der Waals surface area contributed by atoms with Gasteiger partial charge in [0.05, 0.1) is 30.6 Å². The maximum absolute atomic E-state index is 11.9. The Labute approximate surface area is 120 Å². The maximum atomic E-state index is 11.9. The molecule has 5 heteroatoms. The van der Waals surface area contributed by atoms with Gasteiger partial charge in [-0.15, -0.1) is 0 Å². The second-order valence-corrected chi connectivity index (χ2v) is 4.96. The molecule has 0 radical (unpaired) electrons. The molecule has 1 aromatic carbocycles. The first-order valence-corrected chi connectivity index (χ1v) is 7.19. The molecule has 1 aliphatic rings. The third kappa shape index (κ3) is 3.04. The lowest BCUT2D eigenvalue weighted by Crippen LogP contribution is -2.45. The van der Waals surface area contributed by atoms with Crippen LogP contribution in [0.25, 0.3) is 0 Å². The Bertz CT molecular complexity index is 476. The number of ether oxygens (including phenoxy) is 1. The molecule has 1 aromatic rings. The standard InChI is InChI=1S/C15H23N3O2/c1-3-12-10-20-8-7-18(12)14-9-11(5-6-13(14)16)15(19)17-4-2/h5-6,9,12H,3-4,7-8,10,16H2,1-2H3,(H,17,19). The van der Waals surface area contributed by atoms with Crippen molar-refractivity contribution < 1.29 is 9.53 Å². The summed E-state index contributed by atoms with van der Waals surface area (Å²) in [5.41, 5.74) is 8.39. The molecule has 3 N–H and O–H groups in total. The molecule has 1 unspecified atom stereocenters. The Morgan fingerprint density at radius 1 is 1.50 bits per heavy atom. The Balaban J connectivity index is 2.29. The van der Waals surface area contributed by atoms with Gasteiger partial charge < -0.3 is 20.7 Å². The first-order valence-electron chi connectivity index (χ1n) is 7.19. The number of hydrogen-bond donors (Lipinski definition) is 2. The number of amides is 1. The molecule has 1 heterocycles. The van der Waals surface area contributed by atoms with Crippen molar-refractivity contribution in [3.8, 4) is 0 Å². The van der Waals surface area contributed by atoms with Gasteiger partial charge >= 0.3 is 0 Å². The fourth-order valence-corrected chi connectivity index (χ4v) is 2.51. The summed E-state index contributed by atoms with van der Waals surface area (Å²) in [6.45, 7) is 6.87. The molecule has 1 aliphatic heterocycles. The van der Waals surface area contributed by atoms with Crippen LogP contribution >= 0.6 is 0 Å². The normalized spacial score (nSPS) is 18.9. The fourth-order valence-electron chi connectivity index (χ4n) is 2.51. The van der Waals surface area contributed by atoms with Crippen LogP contribution in [-0.2, 0) is 4.74 Å². The summed E-state index contributed by atoms with van der Waals surface area (Å²) >= 11 is 0. The summed E-state index contributed by atoms with van der Waals surface area (Å²) in [5, 5.41) is 2.81. The zero-order valence-electron chi connectivity index (χ0n) is 12.2. The molecule has 1 atom stereocenters. The summed E-state index contributed by atoms with van der Waals surface area (Å²) in [6, 6.07) is 5.78. The van der Waals surface area contributed by atoms with Crippen LogP contribution in [0, 0.1) is 0 Å². The van der Waals surface area contributed by atoms with E-state index >= 15 is 0 Å². The van der Waals surface area contributed by atoms with Crippen LogP contribution in [0.15, 0.2) is 18.2 Å². The fraction of sp³-hybridized carbons (Fsp3) is 0.533. The quantitative estimate of drug-likeness (QED) is 0.821. The number of carbonyl (C=O) groups excluding carboxylic acids is 1. The molecular formula is C15H23N3O2. The molecule has 0 spiro atoms. The molecule has 0 bridgehead atoms. The van der Waals surface area contributed by atoms with E-state index in [0.717, 1.165) is 18.7 Å². The van der Waals surface area contributed by atoms with Crippen LogP contribution in [0.4, 0.5) is 11.4 Å². The number of nitrogens with zero attached hydrogens (tertiary/aromatic N) is 1. The van der Waals surface area contributed by atoms with Crippen LogP contribution in [0.2, 0.25) is 0 Å². The third-order valence-electron chi connectivity index (χ3n) is 3.64. The summed E-state index contributed by atoms with van der Waals surface area (Å²) in [7, 11) is 0. The van der Waals surface area contributed by atoms with Crippen molar-refractivity contribution in [2.24, 2.45) is 0 Å². The molecule has 20 heavy (non-hydrogen) atoms. The van der Waals surface area contributed by atoms with E-state index in [-0.39, 0.29) is 5.91 Å². The highest BCUT2D eigenvalue weighted by molar-refractivity contribution is 5.96. The number of nitrogens with two attached hydrogens (primary N) is 1. The Morgan fingerprint density at radius 2 is 2.30 bits per heavy atom. The lowest BCUT2D eigenvalue weighted by atomic mass is 10.1. The van der Waals surface area contributed by atoms with Crippen molar-refractivity contribution in [3.05, 3.63) is 23.8 Å². The van der Waals surface area contributed by atoms with E-state index in [1.807, 2.05) is 19.1 Å². The summed E-state index contributed by atoms with van der Waals surface area (Å²) in [5.74, 6) is -0.0601. The summed E-state index contributed by atoms with van der Waals surface area (Å²) < 4.78 is 5.52. The molecule has 5 nitrogen and oxygen atoms in total. The SMILES string of the molecule is CCNC(=O)c1ccc(N)c(N2CCOCC2CC)c1. The van der Waals surface area contributed by atoms with Gasteiger partial charge in [0.2, 0.25) is 0 Å². The Kier molecular flexibility index (Phi) is 4.84.